The number of nitrogens with zero attached hydrogens (tertiary/aromatic N) is 1. The molecule has 0 bridgehead atoms. The number of fused-ring (bicyclic) bond motifs is 1. The van der Waals surface area contributed by atoms with E-state index in [9.17, 15) is 0 Å². The van der Waals surface area contributed by atoms with Crippen molar-refractivity contribution >= 4 is 23.5 Å². The van der Waals surface area contributed by atoms with E-state index >= 15 is 0 Å². The predicted octanol–water partition coefficient (Wildman–Crippen LogP) is 3.32. The molecule has 0 spiro atoms. The van der Waals surface area contributed by atoms with Gasteiger partial charge in [0.25, 0.3) is 0 Å². The molecule has 1 aromatic heterocycles. The van der Waals surface area contributed by atoms with Gasteiger partial charge in [-0.2, -0.15) is 0 Å². The molecule has 122 valence electrons. The fraction of sp³-hybridized carbons (Fsp3) is 0.500. The summed E-state index contributed by atoms with van der Waals surface area (Å²) in [5.74, 6) is 0.848. The molecule has 2 aromatic rings. The topological polar surface area (TPSA) is 40.6 Å². The van der Waals surface area contributed by atoms with Crippen molar-refractivity contribution in [3.05, 3.63) is 30.5 Å². The third-order valence-electron chi connectivity index (χ3n) is 4.57. The number of ether oxygens (including phenoxy) is 1. The van der Waals surface area contributed by atoms with Crippen LogP contribution in [0.25, 0.3) is 10.9 Å². The monoisotopic (exact) mass is 313 g/mol. The van der Waals surface area contributed by atoms with Gasteiger partial charge in [0, 0.05) is 17.0 Å². The molecule has 3 rings (SSSR count). The number of hydrogen-bond acceptors (Lipinski definition) is 4. The van der Waals surface area contributed by atoms with E-state index in [4.69, 9.17) is 14.0 Å². The maximum Gasteiger partial charge on any atom is 0.496 e. The highest BCUT2D eigenvalue weighted by Crippen LogP contribution is 2.36. The smallest absolute Gasteiger partial charge is 0.491 e. The number of benzene rings is 1. The van der Waals surface area contributed by atoms with Crippen molar-refractivity contribution in [2.75, 3.05) is 0 Å². The second-order valence-electron chi connectivity index (χ2n) is 7.38. The molecule has 0 amide bonds. The molecule has 5 heteroatoms. The number of pyridine rings is 1. The van der Waals surface area contributed by atoms with Crippen LogP contribution < -0.4 is 10.2 Å². The molecule has 0 N–H and O–H groups in total. The summed E-state index contributed by atoms with van der Waals surface area (Å²) in [4.78, 5) is 4.53. The van der Waals surface area contributed by atoms with Crippen LogP contribution in [0, 0.1) is 0 Å². The first-order valence-corrected chi connectivity index (χ1v) is 8.10. The normalized spacial score (nSPS) is 19.5. The maximum atomic E-state index is 6.10. The van der Waals surface area contributed by atoms with Crippen LogP contribution in [0.4, 0.5) is 0 Å². The van der Waals surface area contributed by atoms with Crippen LogP contribution in [-0.4, -0.2) is 29.4 Å². The Hall–Kier alpha value is -1.59. The van der Waals surface area contributed by atoms with Gasteiger partial charge in [-0.25, -0.2) is 0 Å². The van der Waals surface area contributed by atoms with Crippen LogP contribution >= 0.6 is 0 Å². The van der Waals surface area contributed by atoms with E-state index in [1.54, 1.807) is 0 Å². The Morgan fingerprint density at radius 2 is 1.70 bits per heavy atom. The molecule has 1 aromatic carbocycles. The van der Waals surface area contributed by atoms with Crippen molar-refractivity contribution < 1.29 is 14.0 Å². The van der Waals surface area contributed by atoms with Gasteiger partial charge in [0.2, 0.25) is 0 Å². The van der Waals surface area contributed by atoms with Crippen LogP contribution in [0.15, 0.2) is 30.5 Å². The van der Waals surface area contributed by atoms with Gasteiger partial charge in [0.1, 0.15) is 5.75 Å². The highest BCUT2D eigenvalue weighted by Gasteiger charge is 2.51. The van der Waals surface area contributed by atoms with Gasteiger partial charge < -0.3 is 14.0 Å². The lowest BCUT2D eigenvalue weighted by atomic mass is 9.80. The average Bonchev–Trinajstić information content (AvgIpc) is 2.66. The van der Waals surface area contributed by atoms with Crippen LogP contribution in [0.2, 0.25) is 0 Å². The first-order valence-electron chi connectivity index (χ1n) is 8.10. The Bertz CT molecular complexity index is 711. The fourth-order valence-electron chi connectivity index (χ4n) is 2.58. The van der Waals surface area contributed by atoms with E-state index in [0.29, 0.717) is 0 Å². The van der Waals surface area contributed by atoms with E-state index < -0.39 is 7.12 Å². The second-order valence-corrected chi connectivity index (χ2v) is 7.38. The zero-order valence-corrected chi connectivity index (χ0v) is 14.7. The highest BCUT2D eigenvalue weighted by atomic mass is 16.7. The summed E-state index contributed by atoms with van der Waals surface area (Å²) in [7, 11) is -0.397. The molecule has 0 atom stereocenters. The van der Waals surface area contributed by atoms with Gasteiger partial charge in [0.05, 0.1) is 22.8 Å². The standard InChI is InChI=1S/C18H24BNO3/c1-12(2)21-15-7-8-16-13(10-15)9-14(11-20-16)19-22-17(3,4)18(5,6)23-19/h7-12H,1-6H3. The zero-order valence-electron chi connectivity index (χ0n) is 14.7. The van der Waals surface area contributed by atoms with Crippen molar-refractivity contribution in [2.45, 2.75) is 58.8 Å². The first-order chi connectivity index (χ1) is 10.7. The molecule has 1 aliphatic heterocycles. The summed E-state index contributed by atoms with van der Waals surface area (Å²) >= 11 is 0. The fourth-order valence-corrected chi connectivity index (χ4v) is 2.58. The largest absolute Gasteiger partial charge is 0.496 e. The van der Waals surface area contributed by atoms with E-state index in [2.05, 4.69) is 38.7 Å². The highest BCUT2D eigenvalue weighted by molar-refractivity contribution is 6.62. The minimum atomic E-state index is -0.397. The van der Waals surface area contributed by atoms with Gasteiger partial charge in [-0.1, -0.05) is 6.07 Å². The molecule has 1 saturated heterocycles. The lowest BCUT2D eigenvalue weighted by Crippen LogP contribution is -2.41. The molecule has 1 aliphatic rings. The molecule has 0 aliphatic carbocycles. The lowest BCUT2D eigenvalue weighted by Gasteiger charge is -2.32. The van der Waals surface area contributed by atoms with Crippen molar-refractivity contribution in [1.82, 2.24) is 4.98 Å². The Morgan fingerprint density at radius 3 is 2.30 bits per heavy atom. The Labute approximate surface area is 138 Å². The summed E-state index contributed by atoms with van der Waals surface area (Å²) in [5, 5.41) is 1.02. The van der Waals surface area contributed by atoms with Crippen molar-refractivity contribution in [1.29, 1.82) is 0 Å². The quantitative estimate of drug-likeness (QED) is 0.815. The summed E-state index contributed by atoms with van der Waals surface area (Å²) in [6.07, 6.45) is 1.97. The molecule has 1 fully saturated rings. The molecule has 4 nitrogen and oxygen atoms in total. The third-order valence-corrected chi connectivity index (χ3v) is 4.57. The van der Waals surface area contributed by atoms with Crippen molar-refractivity contribution in [2.24, 2.45) is 0 Å². The molecule has 0 saturated carbocycles. The van der Waals surface area contributed by atoms with Gasteiger partial charge in [0.15, 0.2) is 0 Å². The van der Waals surface area contributed by atoms with Crippen molar-refractivity contribution in [3.63, 3.8) is 0 Å². The summed E-state index contributed by atoms with van der Waals surface area (Å²) in [6.45, 7) is 12.2. The number of aromatic nitrogens is 1. The Morgan fingerprint density at radius 1 is 1.04 bits per heavy atom. The third kappa shape index (κ3) is 3.08. The molecule has 0 unspecified atom stereocenters. The van der Waals surface area contributed by atoms with E-state index in [1.165, 1.54) is 0 Å². The first kappa shape index (κ1) is 16.3. The SMILES string of the molecule is CC(C)Oc1ccc2ncc(B3OC(C)(C)C(C)(C)O3)cc2c1. The average molecular weight is 313 g/mol. The summed E-state index contributed by atoms with van der Waals surface area (Å²) in [6, 6.07) is 8.00. The van der Waals surface area contributed by atoms with Crippen molar-refractivity contribution in [3.8, 4) is 5.75 Å². The second kappa shape index (κ2) is 5.50. The summed E-state index contributed by atoms with van der Waals surface area (Å²) < 4.78 is 18.0. The minimum Gasteiger partial charge on any atom is -0.491 e. The number of rotatable bonds is 3. The Balaban J connectivity index is 1.93. The van der Waals surface area contributed by atoms with Crippen LogP contribution in [-0.2, 0) is 9.31 Å². The minimum absolute atomic E-state index is 0.145. The van der Waals surface area contributed by atoms with Crippen LogP contribution in [0.5, 0.6) is 5.75 Å². The van der Waals surface area contributed by atoms with Gasteiger partial charge in [-0.05, 0) is 59.7 Å². The Kier molecular flexibility index (Phi) is 3.89. The van der Waals surface area contributed by atoms with Gasteiger partial charge >= 0.3 is 7.12 Å². The number of hydrogen-bond donors (Lipinski definition) is 0. The molecule has 2 heterocycles. The zero-order chi connectivity index (χ0) is 16.8. The van der Waals surface area contributed by atoms with Gasteiger partial charge in [-0.15, -0.1) is 0 Å². The van der Waals surface area contributed by atoms with Gasteiger partial charge in [-0.3, -0.25) is 4.98 Å². The lowest BCUT2D eigenvalue weighted by molar-refractivity contribution is 0.00578. The van der Waals surface area contributed by atoms with E-state index in [-0.39, 0.29) is 17.3 Å². The molecule has 0 radical (unpaired) electrons. The van der Waals surface area contributed by atoms with E-state index in [0.717, 1.165) is 22.1 Å². The summed E-state index contributed by atoms with van der Waals surface area (Å²) in [5.41, 5.74) is 1.16. The van der Waals surface area contributed by atoms with E-state index in [1.807, 2.05) is 38.2 Å². The molecular weight excluding hydrogens is 289 g/mol. The van der Waals surface area contributed by atoms with Crippen LogP contribution in [0.3, 0.4) is 0 Å². The maximum absolute atomic E-state index is 6.10. The van der Waals surface area contributed by atoms with Crippen LogP contribution in [0.1, 0.15) is 41.5 Å². The predicted molar refractivity (Wildman–Crippen MR) is 93.2 cm³/mol. The molecule has 23 heavy (non-hydrogen) atoms. The molecular formula is C18H24BNO3.